The van der Waals surface area contributed by atoms with Crippen LogP contribution in [-0.4, -0.2) is 22.9 Å². The highest BCUT2D eigenvalue weighted by molar-refractivity contribution is 5.95. The molecular formula is C24H23NO5. The first-order chi connectivity index (χ1) is 14.5. The maximum Gasteiger partial charge on any atom is 0.313 e. The Labute approximate surface area is 174 Å². The van der Waals surface area contributed by atoms with Gasteiger partial charge in [-0.2, -0.15) is 0 Å². The zero-order chi connectivity index (χ0) is 21.3. The molecule has 6 nitrogen and oxygen atoms in total. The largest absolute Gasteiger partial charge is 0.489 e. The van der Waals surface area contributed by atoms with Gasteiger partial charge in [0.1, 0.15) is 18.8 Å². The van der Waals surface area contributed by atoms with Crippen LogP contribution in [0.15, 0.2) is 77.7 Å². The van der Waals surface area contributed by atoms with Gasteiger partial charge in [-0.25, -0.2) is 0 Å². The summed E-state index contributed by atoms with van der Waals surface area (Å²) in [5.41, 5.74) is 2.45. The van der Waals surface area contributed by atoms with Gasteiger partial charge in [-0.05, 0) is 41.8 Å². The summed E-state index contributed by atoms with van der Waals surface area (Å²) in [5, 5.41) is 0. The van der Waals surface area contributed by atoms with Crippen molar-refractivity contribution in [2.24, 2.45) is 0 Å². The van der Waals surface area contributed by atoms with E-state index in [0.717, 1.165) is 22.4 Å². The second-order valence-electron chi connectivity index (χ2n) is 6.70. The second kappa shape index (κ2) is 10.2. The third-order valence-corrected chi connectivity index (χ3v) is 4.41. The highest BCUT2D eigenvalue weighted by Crippen LogP contribution is 2.22. The van der Waals surface area contributed by atoms with Crippen molar-refractivity contribution in [2.45, 2.75) is 26.5 Å². The fraction of sp³-hybridized carbons (Fsp3) is 0.208. The van der Waals surface area contributed by atoms with Crippen molar-refractivity contribution in [2.75, 3.05) is 6.61 Å². The lowest BCUT2D eigenvalue weighted by atomic mass is 10.1. The number of hydrogen-bond donors (Lipinski definition) is 0. The molecule has 0 aliphatic heterocycles. The van der Waals surface area contributed by atoms with Crippen molar-refractivity contribution in [3.05, 3.63) is 88.8 Å². The van der Waals surface area contributed by atoms with E-state index in [2.05, 4.69) is 0 Å². The molecule has 0 fully saturated rings. The van der Waals surface area contributed by atoms with Gasteiger partial charge in [0.25, 0.3) is 5.56 Å². The van der Waals surface area contributed by atoms with Crippen molar-refractivity contribution in [3.63, 3.8) is 0 Å². The molecule has 0 spiro atoms. The number of pyridine rings is 1. The molecule has 0 N–H and O–H groups in total. The summed E-state index contributed by atoms with van der Waals surface area (Å²) in [7, 11) is 0. The van der Waals surface area contributed by atoms with E-state index in [-0.39, 0.29) is 30.9 Å². The number of hydrogen-bond acceptors (Lipinski definition) is 5. The third kappa shape index (κ3) is 5.91. The van der Waals surface area contributed by atoms with Crippen LogP contribution in [0.5, 0.6) is 5.75 Å². The molecule has 1 aromatic heterocycles. The van der Waals surface area contributed by atoms with Gasteiger partial charge in [0, 0.05) is 12.3 Å². The van der Waals surface area contributed by atoms with E-state index in [1.165, 1.54) is 10.6 Å². The Bertz CT molecular complexity index is 1050. The molecule has 0 saturated heterocycles. The quantitative estimate of drug-likeness (QED) is 0.402. The van der Waals surface area contributed by atoms with E-state index in [1.807, 2.05) is 54.6 Å². The van der Waals surface area contributed by atoms with Crippen molar-refractivity contribution in [1.82, 2.24) is 4.57 Å². The van der Waals surface area contributed by atoms with Gasteiger partial charge in [0.15, 0.2) is 5.78 Å². The van der Waals surface area contributed by atoms with Gasteiger partial charge < -0.3 is 14.0 Å². The molecule has 0 unspecified atom stereocenters. The molecule has 0 radical (unpaired) electrons. The molecule has 0 aliphatic carbocycles. The van der Waals surface area contributed by atoms with E-state index < -0.39 is 5.97 Å². The lowest BCUT2D eigenvalue weighted by Crippen LogP contribution is -2.24. The maximum atomic E-state index is 12.1. The third-order valence-electron chi connectivity index (χ3n) is 4.41. The summed E-state index contributed by atoms with van der Waals surface area (Å²) in [6.45, 7) is 2.19. The summed E-state index contributed by atoms with van der Waals surface area (Å²) in [6, 6.07) is 20.5. The highest BCUT2D eigenvalue weighted by Gasteiger charge is 2.12. The number of aromatic nitrogens is 1. The molecule has 0 aliphatic rings. The first kappa shape index (κ1) is 21.0. The zero-order valence-corrected chi connectivity index (χ0v) is 16.7. The molecule has 0 bridgehead atoms. The number of Topliss-reactive ketones (excluding diaryl/α,β-unsaturated/α-hetero) is 1. The minimum absolute atomic E-state index is 0.177. The minimum atomic E-state index is -0.585. The predicted molar refractivity (Wildman–Crippen MR) is 113 cm³/mol. The minimum Gasteiger partial charge on any atom is -0.489 e. The fourth-order valence-electron chi connectivity index (χ4n) is 2.93. The number of ketones is 1. The number of ether oxygens (including phenoxy) is 2. The molecule has 1 heterocycles. The Kier molecular flexibility index (Phi) is 7.16. The van der Waals surface area contributed by atoms with Crippen LogP contribution in [-0.2, 0) is 27.5 Å². The lowest BCUT2D eigenvalue weighted by Gasteiger charge is -2.10. The summed E-state index contributed by atoms with van der Waals surface area (Å²) in [5.74, 6) is -0.226. The molecule has 154 valence electrons. The molecule has 2 aromatic carbocycles. The van der Waals surface area contributed by atoms with Crippen molar-refractivity contribution >= 4 is 11.8 Å². The van der Waals surface area contributed by atoms with Crippen LogP contribution in [0.3, 0.4) is 0 Å². The number of esters is 1. The van der Waals surface area contributed by atoms with Gasteiger partial charge in [0.05, 0.1) is 13.2 Å². The summed E-state index contributed by atoms with van der Waals surface area (Å²) in [4.78, 5) is 35.6. The highest BCUT2D eigenvalue weighted by atomic mass is 16.5. The number of nitrogens with zero attached hydrogens (tertiary/aromatic N) is 1. The summed E-state index contributed by atoms with van der Waals surface area (Å²) < 4.78 is 11.9. The SMILES string of the molecule is CCOC(=O)CC(=O)Cn1cc(-c2ccc(OCc3ccccc3)cc2)ccc1=O. The molecule has 0 amide bonds. The Morgan fingerprint density at radius 2 is 1.60 bits per heavy atom. The number of carbonyl (C=O) groups is 2. The summed E-state index contributed by atoms with van der Waals surface area (Å²) in [6.07, 6.45) is 1.27. The number of carbonyl (C=O) groups excluding carboxylic acids is 2. The summed E-state index contributed by atoms with van der Waals surface area (Å²) >= 11 is 0. The molecule has 30 heavy (non-hydrogen) atoms. The van der Waals surface area contributed by atoms with Crippen LogP contribution in [0.4, 0.5) is 0 Å². The fourth-order valence-corrected chi connectivity index (χ4v) is 2.93. The lowest BCUT2D eigenvalue weighted by molar-refractivity contribution is -0.145. The van der Waals surface area contributed by atoms with E-state index in [0.29, 0.717) is 6.61 Å². The van der Waals surface area contributed by atoms with Gasteiger partial charge in [0.2, 0.25) is 0 Å². The Hall–Kier alpha value is -3.67. The van der Waals surface area contributed by atoms with Crippen molar-refractivity contribution < 1.29 is 19.1 Å². The van der Waals surface area contributed by atoms with Crippen LogP contribution in [0.2, 0.25) is 0 Å². The van der Waals surface area contributed by atoms with Crippen molar-refractivity contribution in [3.8, 4) is 16.9 Å². The van der Waals surface area contributed by atoms with E-state index in [4.69, 9.17) is 9.47 Å². The van der Waals surface area contributed by atoms with Gasteiger partial charge in [-0.1, -0.05) is 42.5 Å². The Morgan fingerprint density at radius 1 is 0.900 bits per heavy atom. The molecule has 0 saturated carbocycles. The van der Waals surface area contributed by atoms with Gasteiger partial charge in [-0.3, -0.25) is 14.4 Å². The maximum absolute atomic E-state index is 12.1. The standard InChI is InChI=1S/C24H23NO5/c1-2-29-24(28)14-21(26)16-25-15-20(10-13-23(25)27)19-8-11-22(12-9-19)30-17-18-6-4-3-5-7-18/h3-13,15H,2,14,16-17H2,1H3. The van der Waals surface area contributed by atoms with E-state index >= 15 is 0 Å². The van der Waals surface area contributed by atoms with Crippen LogP contribution in [0.25, 0.3) is 11.1 Å². The predicted octanol–water partition coefficient (Wildman–Crippen LogP) is 3.62. The van der Waals surface area contributed by atoms with Crippen LogP contribution in [0, 0.1) is 0 Å². The zero-order valence-electron chi connectivity index (χ0n) is 16.7. The Morgan fingerprint density at radius 3 is 2.30 bits per heavy atom. The van der Waals surface area contributed by atoms with Crippen LogP contribution < -0.4 is 10.3 Å². The normalized spacial score (nSPS) is 10.4. The monoisotopic (exact) mass is 405 g/mol. The molecule has 6 heteroatoms. The average molecular weight is 405 g/mol. The van der Waals surface area contributed by atoms with Crippen molar-refractivity contribution in [1.29, 1.82) is 0 Å². The average Bonchev–Trinajstić information content (AvgIpc) is 2.75. The first-order valence-electron chi connectivity index (χ1n) is 9.70. The van der Waals surface area contributed by atoms with E-state index in [1.54, 1.807) is 19.2 Å². The molecule has 3 aromatic rings. The van der Waals surface area contributed by atoms with E-state index in [9.17, 15) is 14.4 Å². The molecular weight excluding hydrogens is 382 g/mol. The topological polar surface area (TPSA) is 74.6 Å². The Balaban J connectivity index is 1.67. The second-order valence-corrected chi connectivity index (χ2v) is 6.70. The van der Waals surface area contributed by atoms with Crippen LogP contribution in [0.1, 0.15) is 18.9 Å². The number of benzene rings is 2. The molecule has 3 rings (SSSR count). The molecule has 0 atom stereocenters. The smallest absolute Gasteiger partial charge is 0.313 e. The van der Waals surface area contributed by atoms with Crippen LogP contribution >= 0.6 is 0 Å². The first-order valence-corrected chi connectivity index (χ1v) is 9.70. The van der Waals surface area contributed by atoms with Gasteiger partial charge >= 0.3 is 5.97 Å². The number of rotatable bonds is 9. The van der Waals surface area contributed by atoms with Gasteiger partial charge in [-0.15, -0.1) is 0 Å².